The molecule has 0 N–H and O–H groups in total. The predicted octanol–water partition coefficient (Wildman–Crippen LogP) is 2.09. The third kappa shape index (κ3) is 2.51. The van der Waals surface area contributed by atoms with Crippen molar-refractivity contribution in [2.75, 3.05) is 25.0 Å². The fraction of sp³-hybridized carbons (Fsp3) is 0.538. The standard InChI is InChI=1S/C13H15F2N3O3/c1-16-9-4-10(16)7-17(6-9)8-2-3-11(18(19)20)12(5-8)21-13(14)15/h2-3,5,9-10,13H,4,6-7H2,1H3/i13D. The Morgan fingerprint density at radius 2 is 2.14 bits per heavy atom. The first kappa shape index (κ1) is 12.8. The molecule has 0 amide bonds. The molecule has 0 aliphatic carbocycles. The minimum absolute atomic E-state index is 0.413. The van der Waals surface area contributed by atoms with Crippen LogP contribution in [-0.2, 0) is 0 Å². The van der Waals surface area contributed by atoms with Crippen LogP contribution in [0.3, 0.4) is 0 Å². The quantitative estimate of drug-likeness (QED) is 0.629. The predicted molar refractivity (Wildman–Crippen MR) is 71.9 cm³/mol. The summed E-state index contributed by atoms with van der Waals surface area (Å²) in [4.78, 5) is 14.4. The summed E-state index contributed by atoms with van der Waals surface area (Å²) in [6, 6.07) is 4.70. The van der Waals surface area contributed by atoms with Crippen molar-refractivity contribution >= 4 is 11.4 Å². The summed E-state index contributed by atoms with van der Waals surface area (Å²) in [7, 11) is 2.04. The van der Waals surface area contributed by atoms with Crippen LogP contribution in [0, 0.1) is 10.1 Å². The molecule has 1 aromatic carbocycles. The Bertz CT molecular complexity index is 599. The van der Waals surface area contributed by atoms with E-state index in [1.54, 1.807) is 0 Å². The van der Waals surface area contributed by atoms with Gasteiger partial charge in [-0.05, 0) is 19.5 Å². The van der Waals surface area contributed by atoms with Crippen molar-refractivity contribution in [1.82, 2.24) is 4.90 Å². The lowest BCUT2D eigenvalue weighted by molar-refractivity contribution is -0.386. The minimum atomic E-state index is -4.21. The molecule has 8 heteroatoms. The zero-order valence-electron chi connectivity index (χ0n) is 12.3. The highest BCUT2D eigenvalue weighted by Crippen LogP contribution is 2.37. The zero-order valence-corrected chi connectivity index (χ0v) is 11.3. The van der Waals surface area contributed by atoms with Crippen molar-refractivity contribution in [2.45, 2.75) is 25.1 Å². The maximum Gasteiger partial charge on any atom is 0.387 e. The summed E-state index contributed by atoms with van der Waals surface area (Å²) < 4.78 is 36.1. The Morgan fingerprint density at radius 3 is 2.67 bits per heavy atom. The van der Waals surface area contributed by atoms with Crippen molar-refractivity contribution < 1.29 is 19.8 Å². The van der Waals surface area contributed by atoms with E-state index in [0.29, 0.717) is 17.8 Å². The van der Waals surface area contributed by atoms with Gasteiger partial charge in [0, 0.05) is 43.0 Å². The lowest BCUT2D eigenvalue weighted by Gasteiger charge is -2.55. The van der Waals surface area contributed by atoms with Crippen LogP contribution in [0.15, 0.2) is 18.2 Å². The van der Waals surface area contributed by atoms with Crippen molar-refractivity contribution in [3.63, 3.8) is 0 Å². The fourth-order valence-electron chi connectivity index (χ4n) is 3.02. The van der Waals surface area contributed by atoms with Gasteiger partial charge in [-0.25, -0.2) is 0 Å². The van der Waals surface area contributed by atoms with Gasteiger partial charge in [0.15, 0.2) is 1.37 Å². The van der Waals surface area contributed by atoms with E-state index < -0.39 is 22.9 Å². The average molecular weight is 300 g/mol. The van der Waals surface area contributed by atoms with Crippen molar-refractivity contribution in [1.29, 1.82) is 0 Å². The van der Waals surface area contributed by atoms with Crippen LogP contribution in [0.1, 0.15) is 7.79 Å². The van der Waals surface area contributed by atoms with Crippen LogP contribution in [0.2, 0.25) is 0 Å². The van der Waals surface area contributed by atoms with Gasteiger partial charge in [0.25, 0.3) is 0 Å². The number of benzene rings is 1. The SMILES string of the molecule is [2H]C(F)(F)Oc1cc(N2CC3CC(C2)N3C)ccc1[N+](=O)[O-]. The highest BCUT2D eigenvalue weighted by atomic mass is 19.3. The molecule has 21 heavy (non-hydrogen) atoms. The van der Waals surface area contributed by atoms with E-state index in [4.69, 9.17) is 1.37 Å². The summed E-state index contributed by atoms with van der Waals surface area (Å²) in [5, 5.41) is 10.9. The normalized spacial score (nSPS) is 26.0. The number of nitrogens with zero attached hydrogens (tertiary/aromatic N) is 3. The van der Waals surface area contributed by atoms with Crippen molar-refractivity contribution in [3.8, 4) is 5.75 Å². The maximum atomic E-state index is 12.7. The summed E-state index contributed by atoms with van der Waals surface area (Å²) in [6.45, 7) is -2.74. The van der Waals surface area contributed by atoms with Crippen molar-refractivity contribution in [3.05, 3.63) is 28.3 Å². The number of fused-ring (bicyclic) bond motifs is 2. The second kappa shape index (κ2) is 5.10. The Kier molecular flexibility index (Phi) is 3.10. The third-order valence-electron chi connectivity index (χ3n) is 4.25. The molecular weight excluding hydrogens is 284 g/mol. The number of likely N-dealkylation sites (N-methyl/N-ethyl adjacent to an activating group) is 1. The topological polar surface area (TPSA) is 58.8 Å². The van der Waals surface area contributed by atoms with Crippen LogP contribution in [0.5, 0.6) is 5.75 Å². The number of hydrogen-bond acceptors (Lipinski definition) is 5. The van der Waals surface area contributed by atoms with E-state index in [1.807, 2.05) is 11.9 Å². The van der Waals surface area contributed by atoms with Crippen LogP contribution >= 0.6 is 0 Å². The molecule has 3 heterocycles. The van der Waals surface area contributed by atoms with Crippen LogP contribution in [-0.4, -0.2) is 48.6 Å². The number of rotatable bonds is 4. The van der Waals surface area contributed by atoms with E-state index in [-0.39, 0.29) is 0 Å². The molecule has 0 spiro atoms. The van der Waals surface area contributed by atoms with Crippen LogP contribution in [0.4, 0.5) is 20.2 Å². The number of nitro groups is 1. The lowest BCUT2D eigenvalue weighted by atomic mass is 9.88. The molecule has 4 rings (SSSR count). The van der Waals surface area contributed by atoms with Gasteiger partial charge in [0.2, 0.25) is 5.75 Å². The average Bonchev–Trinajstić information content (AvgIpc) is 2.44. The van der Waals surface area contributed by atoms with Gasteiger partial charge >= 0.3 is 12.3 Å². The number of nitro benzene ring substituents is 1. The minimum Gasteiger partial charge on any atom is -0.427 e. The van der Waals surface area contributed by atoms with Gasteiger partial charge in [0.05, 0.1) is 4.92 Å². The molecular formula is C13H15F2N3O3. The molecule has 1 aromatic rings. The number of hydrogen-bond donors (Lipinski definition) is 0. The van der Waals surface area contributed by atoms with E-state index in [1.165, 1.54) is 12.1 Å². The molecule has 3 aliphatic heterocycles. The van der Waals surface area contributed by atoms with Gasteiger partial charge in [-0.2, -0.15) is 8.78 Å². The third-order valence-corrected chi connectivity index (χ3v) is 4.25. The van der Waals surface area contributed by atoms with Gasteiger partial charge in [0.1, 0.15) is 0 Å². The Hall–Kier alpha value is -1.96. The van der Waals surface area contributed by atoms with Crippen LogP contribution in [0.25, 0.3) is 0 Å². The first-order chi connectivity index (χ1) is 10.2. The molecule has 2 bridgehead atoms. The van der Waals surface area contributed by atoms with Gasteiger partial charge < -0.3 is 9.64 Å². The molecule has 0 saturated carbocycles. The van der Waals surface area contributed by atoms with E-state index in [0.717, 1.165) is 25.6 Å². The number of ether oxygens (including phenoxy) is 1. The summed E-state index contributed by atoms with van der Waals surface area (Å²) in [6.07, 6.45) is 1.11. The van der Waals surface area contributed by atoms with Gasteiger partial charge in [-0.1, -0.05) is 0 Å². The summed E-state index contributed by atoms with van der Waals surface area (Å²) >= 11 is 0. The number of piperazine rings is 1. The fourth-order valence-corrected chi connectivity index (χ4v) is 3.02. The number of halogens is 2. The molecule has 2 unspecified atom stereocenters. The smallest absolute Gasteiger partial charge is 0.387 e. The van der Waals surface area contributed by atoms with Crippen LogP contribution < -0.4 is 9.64 Å². The van der Waals surface area contributed by atoms with Gasteiger partial charge in [-0.15, -0.1) is 0 Å². The Balaban J connectivity index is 1.87. The van der Waals surface area contributed by atoms with E-state index >= 15 is 0 Å². The molecule has 3 fully saturated rings. The summed E-state index contributed by atoms with van der Waals surface area (Å²) in [5.74, 6) is -0.588. The molecule has 0 aromatic heterocycles. The number of piperidine rings is 1. The van der Waals surface area contributed by atoms with E-state index in [9.17, 15) is 18.9 Å². The molecule has 3 aliphatic rings. The Morgan fingerprint density at radius 1 is 1.48 bits per heavy atom. The zero-order chi connectivity index (χ0) is 16.1. The first-order valence-electron chi connectivity index (χ1n) is 7.07. The largest absolute Gasteiger partial charge is 0.427 e. The molecule has 114 valence electrons. The molecule has 6 nitrogen and oxygen atoms in total. The lowest BCUT2D eigenvalue weighted by Crippen LogP contribution is -2.67. The second-order valence-corrected chi connectivity index (χ2v) is 5.35. The highest BCUT2D eigenvalue weighted by Gasteiger charge is 2.42. The number of anilines is 1. The molecule has 0 radical (unpaired) electrons. The number of alkyl halides is 2. The first-order valence-corrected chi connectivity index (χ1v) is 6.57. The van der Waals surface area contributed by atoms with Crippen molar-refractivity contribution in [2.24, 2.45) is 0 Å². The molecule has 2 atom stereocenters. The van der Waals surface area contributed by atoms with E-state index in [2.05, 4.69) is 9.64 Å². The summed E-state index contributed by atoms with van der Waals surface area (Å²) in [5.41, 5.74) is 0.0163. The molecule has 3 saturated heterocycles. The van der Waals surface area contributed by atoms with Gasteiger partial charge in [-0.3, -0.25) is 15.0 Å². The maximum absolute atomic E-state index is 12.7. The monoisotopic (exact) mass is 300 g/mol. The Labute approximate surface area is 121 Å². The highest BCUT2D eigenvalue weighted by molar-refractivity contribution is 5.60. The second-order valence-electron chi connectivity index (χ2n) is 5.35.